The number of aliphatic hydroxyl groups is 1. The van der Waals surface area contributed by atoms with Gasteiger partial charge < -0.3 is 15.0 Å². The minimum Gasteiger partial charge on any atom is -0.391 e. The maximum Gasteiger partial charge on any atom is 0.166 e. The number of anilines is 1. The van der Waals surface area contributed by atoms with Gasteiger partial charge in [0, 0.05) is 11.6 Å². The van der Waals surface area contributed by atoms with E-state index in [1.807, 2.05) is 43.6 Å². The van der Waals surface area contributed by atoms with Crippen LogP contribution in [0, 0.1) is 0 Å². The monoisotopic (exact) mass is 435 g/mol. The van der Waals surface area contributed by atoms with E-state index in [-0.39, 0.29) is 6.04 Å². The highest BCUT2D eigenvalue weighted by atomic mass is 16.3. The maximum absolute atomic E-state index is 10.5. The first kappa shape index (κ1) is 22.7. The molecule has 1 fully saturated rings. The molecule has 0 amide bonds. The minimum atomic E-state index is -0.470. The largest absolute Gasteiger partial charge is 0.391 e. The molecule has 32 heavy (non-hydrogen) atoms. The van der Waals surface area contributed by atoms with Gasteiger partial charge in [0.2, 0.25) is 0 Å². The average molecular weight is 436 g/mol. The quantitative estimate of drug-likeness (QED) is 0.375. The van der Waals surface area contributed by atoms with E-state index >= 15 is 0 Å². The normalized spacial score (nSPS) is 16.8. The summed E-state index contributed by atoms with van der Waals surface area (Å²) in [6.07, 6.45) is 13.3. The molecule has 2 atom stereocenters. The zero-order valence-corrected chi connectivity index (χ0v) is 19.5. The predicted molar refractivity (Wildman–Crippen MR) is 131 cm³/mol. The Hall–Kier alpha value is -2.47. The van der Waals surface area contributed by atoms with E-state index in [9.17, 15) is 5.11 Å². The third-order valence-corrected chi connectivity index (χ3v) is 6.69. The molecule has 1 saturated carbocycles. The zero-order valence-electron chi connectivity index (χ0n) is 19.5. The van der Waals surface area contributed by atoms with Crippen molar-refractivity contribution in [2.24, 2.45) is 0 Å². The molecule has 172 valence electrons. The van der Waals surface area contributed by atoms with E-state index in [0.29, 0.717) is 11.9 Å². The molecule has 2 aromatic heterocycles. The van der Waals surface area contributed by atoms with Gasteiger partial charge in [0.15, 0.2) is 17.3 Å². The molecule has 0 saturated heterocycles. The fourth-order valence-corrected chi connectivity index (χ4v) is 4.76. The number of fused-ring (bicyclic) bond motifs is 1. The third-order valence-electron chi connectivity index (χ3n) is 6.69. The van der Waals surface area contributed by atoms with E-state index in [1.165, 1.54) is 51.4 Å². The second-order valence-electron chi connectivity index (χ2n) is 9.22. The lowest BCUT2D eigenvalue weighted by molar-refractivity contribution is 0.165. The molecular weight excluding hydrogens is 398 g/mol. The summed E-state index contributed by atoms with van der Waals surface area (Å²) < 4.78 is 2.26. The van der Waals surface area contributed by atoms with Crippen molar-refractivity contribution in [1.29, 1.82) is 0 Å². The summed E-state index contributed by atoms with van der Waals surface area (Å²) in [5.41, 5.74) is 2.68. The molecule has 6 nitrogen and oxygen atoms in total. The molecule has 0 unspecified atom stereocenters. The fraction of sp³-hybridized carbons (Fsp3) is 0.577. The molecule has 0 spiro atoms. The minimum absolute atomic E-state index is 0.0617. The Bertz CT molecular complexity index is 979. The highest BCUT2D eigenvalue weighted by Crippen LogP contribution is 2.33. The van der Waals surface area contributed by atoms with E-state index in [1.54, 1.807) is 0 Å². The summed E-state index contributed by atoms with van der Waals surface area (Å²) in [5.74, 6) is 1.43. The van der Waals surface area contributed by atoms with Gasteiger partial charge in [-0.25, -0.2) is 15.0 Å². The first-order valence-electron chi connectivity index (χ1n) is 12.4. The number of unbranched alkanes of at least 4 members (excludes halogenated alkanes) is 3. The SMILES string of the molecule is CCCCCC[C@H](Nc1nc(-c2ccccc2)nc2c1ncn2C1CCCCC1)[C@H](C)O. The number of imidazole rings is 1. The second-order valence-corrected chi connectivity index (χ2v) is 9.22. The molecular formula is C26H37N5O. The van der Waals surface area contributed by atoms with Gasteiger partial charge >= 0.3 is 0 Å². The molecule has 0 aliphatic heterocycles. The van der Waals surface area contributed by atoms with E-state index < -0.39 is 6.10 Å². The van der Waals surface area contributed by atoms with Crippen LogP contribution < -0.4 is 5.32 Å². The van der Waals surface area contributed by atoms with Crippen molar-refractivity contribution in [3.8, 4) is 11.4 Å². The van der Waals surface area contributed by atoms with Gasteiger partial charge in [-0.1, -0.05) is 82.2 Å². The molecule has 3 aromatic rings. The van der Waals surface area contributed by atoms with Crippen molar-refractivity contribution in [2.45, 2.75) is 96.2 Å². The number of nitrogens with zero attached hydrogens (tertiary/aromatic N) is 4. The summed E-state index contributed by atoms with van der Waals surface area (Å²) in [4.78, 5) is 14.6. The molecule has 1 aliphatic rings. The average Bonchev–Trinajstić information content (AvgIpc) is 3.26. The second kappa shape index (κ2) is 10.9. The standard InChI is InChI=1S/C26H37N5O/c1-3-4-5-12-17-22(19(2)32)28-25-23-26(30-24(29-25)20-13-8-6-9-14-20)31(18-27-23)21-15-10-7-11-16-21/h6,8-9,13-14,18-19,21-22,32H,3-5,7,10-12,15-17H2,1-2H3,(H,28,29,30)/t19-,22-/m0/s1. The predicted octanol–water partition coefficient (Wildman–Crippen LogP) is 6.13. The highest BCUT2D eigenvalue weighted by molar-refractivity contribution is 5.85. The summed E-state index contributed by atoms with van der Waals surface area (Å²) in [7, 11) is 0. The lowest BCUT2D eigenvalue weighted by atomic mass is 9.95. The topological polar surface area (TPSA) is 75.9 Å². The fourth-order valence-electron chi connectivity index (χ4n) is 4.76. The number of aliphatic hydroxyl groups excluding tert-OH is 1. The van der Waals surface area contributed by atoms with Gasteiger partial charge in [-0.2, -0.15) is 0 Å². The summed E-state index contributed by atoms with van der Waals surface area (Å²) in [6.45, 7) is 4.07. The van der Waals surface area contributed by atoms with Crippen molar-refractivity contribution in [3.63, 3.8) is 0 Å². The molecule has 0 bridgehead atoms. The molecule has 1 aromatic carbocycles. The summed E-state index contributed by atoms with van der Waals surface area (Å²) in [5, 5.41) is 14.0. The smallest absolute Gasteiger partial charge is 0.166 e. The number of benzene rings is 1. The van der Waals surface area contributed by atoms with Crippen molar-refractivity contribution in [1.82, 2.24) is 19.5 Å². The molecule has 4 rings (SSSR count). The lowest BCUT2D eigenvalue weighted by Crippen LogP contribution is -2.32. The number of hydrogen-bond donors (Lipinski definition) is 2. The summed E-state index contributed by atoms with van der Waals surface area (Å²) in [6, 6.07) is 10.5. The van der Waals surface area contributed by atoms with Crippen LogP contribution in [-0.2, 0) is 0 Å². The maximum atomic E-state index is 10.5. The Labute approximate surface area is 191 Å². The third kappa shape index (κ3) is 5.29. The van der Waals surface area contributed by atoms with Crippen LogP contribution in [0.15, 0.2) is 36.7 Å². The Balaban J connectivity index is 1.70. The van der Waals surface area contributed by atoms with Gasteiger partial charge in [0.25, 0.3) is 0 Å². The zero-order chi connectivity index (χ0) is 22.3. The van der Waals surface area contributed by atoms with Crippen LogP contribution >= 0.6 is 0 Å². The Kier molecular flexibility index (Phi) is 7.74. The summed E-state index contributed by atoms with van der Waals surface area (Å²) >= 11 is 0. The van der Waals surface area contributed by atoms with Crippen LogP contribution in [0.25, 0.3) is 22.6 Å². The van der Waals surface area contributed by atoms with Crippen LogP contribution in [0.4, 0.5) is 5.82 Å². The molecule has 0 radical (unpaired) electrons. The van der Waals surface area contributed by atoms with Crippen molar-refractivity contribution in [2.75, 3.05) is 5.32 Å². The van der Waals surface area contributed by atoms with Crippen LogP contribution in [0.3, 0.4) is 0 Å². The van der Waals surface area contributed by atoms with Gasteiger partial charge in [0.1, 0.15) is 5.52 Å². The van der Waals surface area contributed by atoms with E-state index in [4.69, 9.17) is 15.0 Å². The Morgan fingerprint density at radius 1 is 1.06 bits per heavy atom. The van der Waals surface area contributed by atoms with Gasteiger partial charge in [-0.15, -0.1) is 0 Å². The molecule has 6 heteroatoms. The van der Waals surface area contributed by atoms with Gasteiger partial charge in [-0.05, 0) is 26.2 Å². The lowest BCUT2D eigenvalue weighted by Gasteiger charge is -2.24. The van der Waals surface area contributed by atoms with E-state index in [2.05, 4.69) is 16.8 Å². The molecule has 2 heterocycles. The first-order chi connectivity index (χ1) is 15.7. The van der Waals surface area contributed by atoms with Gasteiger partial charge in [0.05, 0.1) is 18.5 Å². The van der Waals surface area contributed by atoms with Crippen LogP contribution in [0.2, 0.25) is 0 Å². The van der Waals surface area contributed by atoms with Crippen LogP contribution in [0.1, 0.15) is 84.1 Å². The van der Waals surface area contributed by atoms with Crippen molar-refractivity contribution >= 4 is 17.0 Å². The van der Waals surface area contributed by atoms with Gasteiger partial charge in [-0.3, -0.25) is 0 Å². The number of hydrogen-bond acceptors (Lipinski definition) is 5. The van der Waals surface area contributed by atoms with Crippen LogP contribution in [0.5, 0.6) is 0 Å². The highest BCUT2D eigenvalue weighted by Gasteiger charge is 2.23. The molecule has 1 aliphatic carbocycles. The number of rotatable bonds is 10. The van der Waals surface area contributed by atoms with Crippen LogP contribution in [-0.4, -0.2) is 36.8 Å². The number of aromatic nitrogens is 4. The Morgan fingerprint density at radius 3 is 2.56 bits per heavy atom. The Morgan fingerprint density at radius 2 is 1.84 bits per heavy atom. The van der Waals surface area contributed by atoms with Crippen molar-refractivity contribution < 1.29 is 5.11 Å². The van der Waals surface area contributed by atoms with E-state index in [0.717, 1.165) is 35.4 Å². The first-order valence-corrected chi connectivity index (χ1v) is 12.4. The van der Waals surface area contributed by atoms with Crippen molar-refractivity contribution in [3.05, 3.63) is 36.7 Å². The number of nitrogens with one attached hydrogen (secondary N) is 1. The molecule has 2 N–H and O–H groups in total.